The van der Waals surface area contributed by atoms with Gasteiger partial charge in [-0.2, -0.15) is 0 Å². The highest BCUT2D eigenvalue weighted by atomic mass is 35.5. The van der Waals surface area contributed by atoms with Crippen LogP contribution in [0.5, 0.6) is 0 Å². The van der Waals surface area contributed by atoms with Gasteiger partial charge in [-0.25, -0.2) is 9.78 Å². The number of halogens is 1. The number of aromatic nitrogens is 1. The van der Waals surface area contributed by atoms with Crippen molar-refractivity contribution in [3.8, 4) is 0 Å². The monoisotopic (exact) mass is 262 g/mol. The van der Waals surface area contributed by atoms with Crippen molar-refractivity contribution in [1.29, 1.82) is 0 Å². The predicted octanol–water partition coefficient (Wildman–Crippen LogP) is 3.49. The number of rotatable bonds is 3. The molecule has 2 N–H and O–H groups in total. The lowest BCUT2D eigenvalue weighted by atomic mass is 10.2. The number of nitrogens with zero attached hydrogens (tertiary/aromatic N) is 1. The molecule has 0 atom stereocenters. The summed E-state index contributed by atoms with van der Waals surface area (Å²) >= 11 is 5.91. The van der Waals surface area contributed by atoms with Gasteiger partial charge in [0.2, 0.25) is 0 Å². The lowest BCUT2D eigenvalue weighted by Gasteiger charge is -2.09. The van der Waals surface area contributed by atoms with Crippen LogP contribution >= 0.6 is 11.6 Å². The summed E-state index contributed by atoms with van der Waals surface area (Å²) in [6, 6.07) is 8.62. The molecule has 5 heteroatoms. The first-order valence-electron chi connectivity index (χ1n) is 5.29. The van der Waals surface area contributed by atoms with Crippen molar-refractivity contribution >= 4 is 29.1 Å². The summed E-state index contributed by atoms with van der Waals surface area (Å²) in [5.74, 6) is -0.418. The second-order valence-electron chi connectivity index (χ2n) is 3.82. The highest BCUT2D eigenvalue weighted by molar-refractivity contribution is 6.30. The standard InChI is InChI=1S/C13H11ClN2O2/c1-8-2-4-10(14)6-11(8)16-12-5-3-9(7-15-12)13(17)18/h2-7H,1H3,(H,15,16)(H,17,18). The maximum Gasteiger partial charge on any atom is 0.337 e. The number of carbonyl (C=O) groups is 1. The molecule has 0 saturated heterocycles. The highest BCUT2D eigenvalue weighted by Gasteiger charge is 2.04. The highest BCUT2D eigenvalue weighted by Crippen LogP contribution is 2.23. The van der Waals surface area contributed by atoms with Crippen molar-refractivity contribution in [1.82, 2.24) is 4.98 Å². The van der Waals surface area contributed by atoms with E-state index in [9.17, 15) is 4.79 Å². The minimum atomic E-state index is -0.993. The summed E-state index contributed by atoms with van der Waals surface area (Å²) in [7, 11) is 0. The summed E-state index contributed by atoms with van der Waals surface area (Å²) in [5, 5.41) is 12.5. The fourth-order valence-electron chi connectivity index (χ4n) is 1.46. The van der Waals surface area contributed by atoms with Gasteiger partial charge in [0.05, 0.1) is 5.56 Å². The lowest BCUT2D eigenvalue weighted by Crippen LogP contribution is -2.00. The van der Waals surface area contributed by atoms with E-state index in [0.29, 0.717) is 10.8 Å². The van der Waals surface area contributed by atoms with Crippen molar-refractivity contribution in [3.63, 3.8) is 0 Å². The van der Waals surface area contributed by atoms with Crippen LogP contribution in [0, 0.1) is 6.92 Å². The molecule has 92 valence electrons. The molecule has 1 aromatic heterocycles. The average Bonchev–Trinajstić information content (AvgIpc) is 2.34. The number of aryl methyl sites for hydroxylation is 1. The van der Waals surface area contributed by atoms with Crippen LogP contribution < -0.4 is 5.32 Å². The molecule has 0 radical (unpaired) electrons. The second-order valence-corrected chi connectivity index (χ2v) is 4.26. The van der Waals surface area contributed by atoms with Gasteiger partial charge in [0, 0.05) is 16.9 Å². The summed E-state index contributed by atoms with van der Waals surface area (Å²) in [5.41, 5.74) is 2.03. The van der Waals surface area contributed by atoms with Crippen LogP contribution in [0.4, 0.5) is 11.5 Å². The lowest BCUT2D eigenvalue weighted by molar-refractivity contribution is 0.0696. The van der Waals surface area contributed by atoms with Crippen LogP contribution in [-0.4, -0.2) is 16.1 Å². The Labute approximate surface area is 109 Å². The number of benzene rings is 1. The van der Waals surface area contributed by atoms with Gasteiger partial charge < -0.3 is 10.4 Å². The van der Waals surface area contributed by atoms with Gasteiger partial charge >= 0.3 is 5.97 Å². The second kappa shape index (κ2) is 5.06. The molecule has 0 fully saturated rings. The molecule has 0 aliphatic carbocycles. The molecule has 0 unspecified atom stereocenters. The minimum absolute atomic E-state index is 0.156. The Balaban J connectivity index is 2.23. The van der Waals surface area contributed by atoms with Crippen molar-refractivity contribution in [3.05, 3.63) is 52.7 Å². The minimum Gasteiger partial charge on any atom is -0.478 e. The van der Waals surface area contributed by atoms with E-state index < -0.39 is 5.97 Å². The van der Waals surface area contributed by atoms with Crippen molar-refractivity contribution < 1.29 is 9.90 Å². The first-order chi connectivity index (χ1) is 8.56. The number of hydrogen-bond donors (Lipinski definition) is 2. The summed E-state index contributed by atoms with van der Waals surface area (Å²) < 4.78 is 0. The Morgan fingerprint density at radius 2 is 2.11 bits per heavy atom. The zero-order valence-corrected chi connectivity index (χ0v) is 10.4. The number of nitrogens with one attached hydrogen (secondary N) is 1. The van der Waals surface area contributed by atoms with Crippen LogP contribution in [-0.2, 0) is 0 Å². The van der Waals surface area contributed by atoms with Crippen molar-refractivity contribution in [2.75, 3.05) is 5.32 Å². The average molecular weight is 263 g/mol. The number of aromatic carboxylic acids is 1. The molecule has 4 nitrogen and oxygen atoms in total. The number of carboxylic acid groups (broad SMARTS) is 1. The Hall–Kier alpha value is -2.07. The van der Waals surface area contributed by atoms with Gasteiger partial charge in [-0.15, -0.1) is 0 Å². The largest absolute Gasteiger partial charge is 0.478 e. The molecule has 18 heavy (non-hydrogen) atoms. The van der Waals surface area contributed by atoms with Gasteiger partial charge in [-0.3, -0.25) is 0 Å². The molecule has 0 aliphatic rings. The van der Waals surface area contributed by atoms with Crippen LogP contribution in [0.2, 0.25) is 5.02 Å². The van der Waals surface area contributed by atoms with E-state index in [1.807, 2.05) is 19.1 Å². The predicted molar refractivity (Wildman–Crippen MR) is 70.7 cm³/mol. The molecule has 0 spiro atoms. The van der Waals surface area contributed by atoms with Gasteiger partial charge in [0.1, 0.15) is 5.82 Å². The maximum absolute atomic E-state index is 10.7. The molecule has 2 aromatic rings. The number of carboxylic acids is 1. The van der Waals surface area contributed by atoms with Gasteiger partial charge in [-0.05, 0) is 36.8 Å². The molecule has 0 saturated carbocycles. The van der Waals surface area contributed by atoms with Crippen LogP contribution in [0.3, 0.4) is 0 Å². The summed E-state index contributed by atoms with van der Waals surface area (Å²) in [6.07, 6.45) is 1.31. The van der Waals surface area contributed by atoms with Gasteiger partial charge in [0.15, 0.2) is 0 Å². The molecule has 0 aliphatic heterocycles. The Bertz CT molecular complexity index is 582. The van der Waals surface area contributed by atoms with E-state index in [4.69, 9.17) is 16.7 Å². The third kappa shape index (κ3) is 2.78. The smallest absolute Gasteiger partial charge is 0.337 e. The summed E-state index contributed by atoms with van der Waals surface area (Å²) in [6.45, 7) is 1.95. The van der Waals surface area contributed by atoms with Gasteiger partial charge in [0.25, 0.3) is 0 Å². The van der Waals surface area contributed by atoms with Crippen LogP contribution in [0.25, 0.3) is 0 Å². The van der Waals surface area contributed by atoms with E-state index in [1.54, 1.807) is 12.1 Å². The fraction of sp³-hybridized carbons (Fsp3) is 0.0769. The fourth-order valence-corrected chi connectivity index (χ4v) is 1.63. The third-order valence-electron chi connectivity index (χ3n) is 2.47. The van der Waals surface area contributed by atoms with E-state index >= 15 is 0 Å². The summed E-state index contributed by atoms with van der Waals surface area (Å²) in [4.78, 5) is 14.7. The molecule has 0 bridgehead atoms. The van der Waals surface area contributed by atoms with Gasteiger partial charge in [-0.1, -0.05) is 17.7 Å². The Morgan fingerprint density at radius 1 is 1.33 bits per heavy atom. The number of hydrogen-bond acceptors (Lipinski definition) is 3. The van der Waals surface area contributed by atoms with Crippen molar-refractivity contribution in [2.45, 2.75) is 6.92 Å². The van der Waals surface area contributed by atoms with E-state index in [-0.39, 0.29) is 5.56 Å². The maximum atomic E-state index is 10.7. The Morgan fingerprint density at radius 3 is 2.72 bits per heavy atom. The van der Waals surface area contributed by atoms with E-state index in [1.165, 1.54) is 12.3 Å². The number of pyridine rings is 1. The van der Waals surface area contributed by atoms with Crippen LogP contribution in [0.1, 0.15) is 15.9 Å². The Kier molecular flexibility index (Phi) is 3.48. The molecule has 1 heterocycles. The SMILES string of the molecule is Cc1ccc(Cl)cc1Nc1ccc(C(=O)O)cn1. The first kappa shape index (κ1) is 12.4. The molecular formula is C13H11ClN2O2. The van der Waals surface area contributed by atoms with Crippen molar-refractivity contribution in [2.24, 2.45) is 0 Å². The number of anilines is 2. The molecule has 1 aromatic carbocycles. The zero-order valence-electron chi connectivity index (χ0n) is 9.64. The van der Waals surface area contributed by atoms with E-state index in [0.717, 1.165) is 11.3 Å². The molecule has 0 amide bonds. The van der Waals surface area contributed by atoms with E-state index in [2.05, 4.69) is 10.3 Å². The molecule has 2 rings (SSSR count). The normalized spacial score (nSPS) is 10.1. The molecular weight excluding hydrogens is 252 g/mol. The zero-order chi connectivity index (χ0) is 13.1. The first-order valence-corrected chi connectivity index (χ1v) is 5.66. The van der Waals surface area contributed by atoms with Crippen LogP contribution in [0.15, 0.2) is 36.5 Å². The third-order valence-corrected chi connectivity index (χ3v) is 2.71. The quantitative estimate of drug-likeness (QED) is 0.889. The topological polar surface area (TPSA) is 62.2 Å².